The van der Waals surface area contributed by atoms with Gasteiger partial charge in [0.15, 0.2) is 0 Å². The fraction of sp³-hybridized carbons (Fsp3) is 0.188. The first-order chi connectivity index (χ1) is 9.74. The molecule has 0 saturated heterocycles. The maximum Gasteiger partial charge on any atom is 0.0951 e. The smallest absolute Gasteiger partial charge is 0.0951 e. The number of thiophene rings is 1. The first-order valence-corrected chi connectivity index (χ1v) is 7.54. The fourth-order valence-electron chi connectivity index (χ4n) is 2.37. The summed E-state index contributed by atoms with van der Waals surface area (Å²) in [6.45, 7) is 2.19. The Hall–Kier alpha value is -2.07. The molecule has 2 aromatic heterocycles. The Morgan fingerprint density at radius 1 is 1.25 bits per heavy atom. The number of benzene rings is 1. The Bertz CT molecular complexity index is 707. The second kappa shape index (κ2) is 5.51. The number of pyridine rings is 1. The number of rotatable bonds is 4. The molecule has 3 aromatic rings. The van der Waals surface area contributed by atoms with E-state index >= 15 is 0 Å². The zero-order valence-electron chi connectivity index (χ0n) is 11.3. The van der Waals surface area contributed by atoms with Crippen LogP contribution in [0, 0.1) is 0 Å². The molecule has 4 heteroatoms. The zero-order valence-corrected chi connectivity index (χ0v) is 12.2. The molecule has 0 aliphatic heterocycles. The summed E-state index contributed by atoms with van der Waals surface area (Å²) in [7, 11) is 0. The van der Waals surface area contributed by atoms with Crippen LogP contribution in [0.5, 0.6) is 0 Å². The normalized spacial score (nSPS) is 12.4. The molecule has 0 saturated carbocycles. The van der Waals surface area contributed by atoms with Gasteiger partial charge < -0.3 is 11.1 Å². The highest BCUT2D eigenvalue weighted by molar-refractivity contribution is 7.09. The number of para-hydroxylation sites is 1. The van der Waals surface area contributed by atoms with Crippen molar-refractivity contribution in [3.05, 3.63) is 52.9 Å². The van der Waals surface area contributed by atoms with E-state index in [0.29, 0.717) is 6.04 Å². The van der Waals surface area contributed by atoms with E-state index in [2.05, 4.69) is 40.8 Å². The minimum absolute atomic E-state index is 0.362. The third-order valence-electron chi connectivity index (χ3n) is 3.29. The van der Waals surface area contributed by atoms with Crippen molar-refractivity contribution in [2.75, 3.05) is 11.1 Å². The van der Waals surface area contributed by atoms with Crippen molar-refractivity contribution in [3.8, 4) is 0 Å². The fourth-order valence-corrected chi connectivity index (χ4v) is 3.21. The zero-order chi connectivity index (χ0) is 13.9. The average molecular weight is 283 g/mol. The molecule has 1 aromatic carbocycles. The van der Waals surface area contributed by atoms with Gasteiger partial charge in [-0.05, 0) is 30.5 Å². The molecule has 0 aliphatic carbocycles. The second-order valence-electron chi connectivity index (χ2n) is 4.93. The molecule has 1 atom stereocenters. The van der Waals surface area contributed by atoms with Crippen LogP contribution in [0.25, 0.3) is 10.9 Å². The number of nitrogens with one attached hydrogen (secondary N) is 1. The largest absolute Gasteiger partial charge is 0.397 e. The van der Waals surface area contributed by atoms with Gasteiger partial charge in [-0.3, -0.25) is 4.98 Å². The molecule has 0 fully saturated rings. The lowest BCUT2D eigenvalue weighted by Gasteiger charge is -2.16. The molecule has 0 amide bonds. The van der Waals surface area contributed by atoms with E-state index in [0.717, 1.165) is 28.7 Å². The summed E-state index contributed by atoms with van der Waals surface area (Å²) in [5, 5.41) is 6.75. The summed E-state index contributed by atoms with van der Waals surface area (Å²) in [5.41, 5.74) is 8.65. The molecule has 20 heavy (non-hydrogen) atoms. The third-order valence-corrected chi connectivity index (χ3v) is 4.19. The number of anilines is 2. The van der Waals surface area contributed by atoms with E-state index < -0.39 is 0 Å². The van der Waals surface area contributed by atoms with Gasteiger partial charge in [0.2, 0.25) is 0 Å². The van der Waals surface area contributed by atoms with Crippen LogP contribution in [-0.2, 0) is 6.42 Å². The van der Waals surface area contributed by atoms with Crippen molar-refractivity contribution < 1.29 is 0 Å². The van der Waals surface area contributed by atoms with E-state index in [1.165, 1.54) is 4.88 Å². The predicted molar refractivity (Wildman–Crippen MR) is 87.3 cm³/mol. The van der Waals surface area contributed by atoms with Crippen molar-refractivity contribution >= 4 is 33.6 Å². The van der Waals surface area contributed by atoms with E-state index in [9.17, 15) is 0 Å². The van der Waals surface area contributed by atoms with Gasteiger partial charge in [0.05, 0.1) is 11.2 Å². The van der Waals surface area contributed by atoms with Crippen molar-refractivity contribution in [2.45, 2.75) is 19.4 Å². The standard InChI is InChI=1S/C16H17N3S/c1-11(10-12-4-3-9-20-12)19-15-7-8-18-16-13(15)5-2-6-14(16)17/h2-9,11H,10,17H2,1H3,(H,18,19). The Morgan fingerprint density at radius 3 is 2.95 bits per heavy atom. The van der Waals surface area contributed by atoms with Crippen LogP contribution in [0.3, 0.4) is 0 Å². The number of hydrogen-bond donors (Lipinski definition) is 2. The van der Waals surface area contributed by atoms with Gasteiger partial charge in [-0.15, -0.1) is 11.3 Å². The van der Waals surface area contributed by atoms with Crippen molar-refractivity contribution in [2.24, 2.45) is 0 Å². The predicted octanol–water partition coefficient (Wildman–Crippen LogP) is 3.92. The van der Waals surface area contributed by atoms with Crippen LogP contribution in [0.1, 0.15) is 11.8 Å². The average Bonchev–Trinajstić information content (AvgIpc) is 2.93. The highest BCUT2D eigenvalue weighted by Gasteiger charge is 2.08. The molecule has 0 bridgehead atoms. The van der Waals surface area contributed by atoms with E-state index in [-0.39, 0.29) is 0 Å². The first kappa shape index (κ1) is 12.9. The van der Waals surface area contributed by atoms with Gasteiger partial charge in [0.1, 0.15) is 0 Å². The number of fused-ring (bicyclic) bond motifs is 1. The molecule has 2 heterocycles. The number of nitrogens with zero attached hydrogens (tertiary/aromatic N) is 1. The number of nitrogen functional groups attached to an aromatic ring is 1. The third kappa shape index (κ3) is 2.60. The lowest BCUT2D eigenvalue weighted by Crippen LogP contribution is -2.17. The van der Waals surface area contributed by atoms with Crippen LogP contribution in [-0.4, -0.2) is 11.0 Å². The molecule has 3 rings (SSSR count). The van der Waals surface area contributed by atoms with Gasteiger partial charge in [0.25, 0.3) is 0 Å². The molecule has 1 unspecified atom stereocenters. The summed E-state index contributed by atoms with van der Waals surface area (Å²) < 4.78 is 0. The number of nitrogens with two attached hydrogens (primary N) is 1. The maximum absolute atomic E-state index is 5.98. The van der Waals surface area contributed by atoms with Crippen LogP contribution < -0.4 is 11.1 Å². The van der Waals surface area contributed by atoms with E-state index in [1.807, 2.05) is 18.2 Å². The van der Waals surface area contributed by atoms with Crippen molar-refractivity contribution in [3.63, 3.8) is 0 Å². The number of hydrogen-bond acceptors (Lipinski definition) is 4. The van der Waals surface area contributed by atoms with E-state index in [1.54, 1.807) is 17.5 Å². The molecular weight excluding hydrogens is 266 g/mol. The Labute approximate surface area is 122 Å². The van der Waals surface area contributed by atoms with Gasteiger partial charge in [-0.1, -0.05) is 18.2 Å². The van der Waals surface area contributed by atoms with Gasteiger partial charge in [-0.25, -0.2) is 0 Å². The summed E-state index contributed by atoms with van der Waals surface area (Å²) in [6.07, 6.45) is 2.82. The summed E-state index contributed by atoms with van der Waals surface area (Å²) in [6, 6.07) is 12.5. The first-order valence-electron chi connectivity index (χ1n) is 6.66. The number of aromatic nitrogens is 1. The van der Waals surface area contributed by atoms with Crippen LogP contribution in [0.15, 0.2) is 48.0 Å². The minimum atomic E-state index is 0.362. The van der Waals surface area contributed by atoms with Gasteiger partial charge in [0, 0.05) is 34.6 Å². The minimum Gasteiger partial charge on any atom is -0.397 e. The Kier molecular flexibility index (Phi) is 3.56. The van der Waals surface area contributed by atoms with Crippen LogP contribution in [0.4, 0.5) is 11.4 Å². The summed E-state index contributed by atoms with van der Waals surface area (Å²) >= 11 is 1.80. The summed E-state index contributed by atoms with van der Waals surface area (Å²) in [5.74, 6) is 0. The van der Waals surface area contributed by atoms with Gasteiger partial charge >= 0.3 is 0 Å². The SMILES string of the molecule is CC(Cc1cccs1)Nc1ccnc2c(N)cccc12. The molecule has 0 spiro atoms. The Morgan fingerprint density at radius 2 is 2.15 bits per heavy atom. The van der Waals surface area contributed by atoms with Crippen LogP contribution >= 0.6 is 11.3 Å². The molecule has 0 aliphatic rings. The highest BCUT2D eigenvalue weighted by Crippen LogP contribution is 2.26. The lowest BCUT2D eigenvalue weighted by atomic mass is 10.1. The second-order valence-corrected chi connectivity index (χ2v) is 5.96. The van der Waals surface area contributed by atoms with Crippen LogP contribution in [0.2, 0.25) is 0 Å². The molecule has 102 valence electrons. The maximum atomic E-state index is 5.98. The monoisotopic (exact) mass is 283 g/mol. The van der Waals surface area contributed by atoms with Crippen molar-refractivity contribution in [1.29, 1.82) is 0 Å². The molecular formula is C16H17N3S. The van der Waals surface area contributed by atoms with E-state index in [4.69, 9.17) is 5.73 Å². The lowest BCUT2D eigenvalue weighted by molar-refractivity contribution is 0.802. The topological polar surface area (TPSA) is 50.9 Å². The summed E-state index contributed by atoms with van der Waals surface area (Å²) in [4.78, 5) is 5.75. The Balaban J connectivity index is 1.85. The van der Waals surface area contributed by atoms with Gasteiger partial charge in [-0.2, -0.15) is 0 Å². The molecule has 3 N–H and O–H groups in total. The highest BCUT2D eigenvalue weighted by atomic mass is 32.1. The molecule has 0 radical (unpaired) electrons. The quantitative estimate of drug-likeness (QED) is 0.713. The molecule has 3 nitrogen and oxygen atoms in total. The van der Waals surface area contributed by atoms with Crippen molar-refractivity contribution in [1.82, 2.24) is 4.98 Å².